The first kappa shape index (κ1) is 13.5. The lowest BCUT2D eigenvalue weighted by molar-refractivity contribution is 0.151. The Balaban J connectivity index is 2.57. The number of nitrogens with two attached hydrogens (primary N) is 1. The summed E-state index contributed by atoms with van der Waals surface area (Å²) in [5.74, 6) is 0.322. The van der Waals surface area contributed by atoms with Crippen LogP contribution in [-0.4, -0.2) is 54.9 Å². The van der Waals surface area contributed by atoms with Gasteiger partial charge in [0.2, 0.25) is 0 Å². The molecule has 16 heavy (non-hydrogen) atoms. The van der Waals surface area contributed by atoms with E-state index < -0.39 is 0 Å². The van der Waals surface area contributed by atoms with Gasteiger partial charge in [0, 0.05) is 25.0 Å². The highest BCUT2D eigenvalue weighted by Crippen LogP contribution is 2.23. The fraction of sp³-hybridized carbons (Fsp3) is 0.917. The number of nitrogens with one attached hydrogen (secondary N) is 1. The second-order valence-electron chi connectivity index (χ2n) is 5.09. The number of hydrogen-bond acceptors (Lipinski definition) is 3. The van der Waals surface area contributed by atoms with E-state index in [0.29, 0.717) is 17.9 Å². The number of hydrogen-bond donors (Lipinski definition) is 2. The maximum absolute atomic E-state index is 7.44. The summed E-state index contributed by atoms with van der Waals surface area (Å²) >= 11 is 0. The van der Waals surface area contributed by atoms with Crippen molar-refractivity contribution in [2.75, 3.05) is 27.2 Å². The minimum Gasteiger partial charge on any atom is -0.388 e. The Hall–Kier alpha value is -0.610. The number of likely N-dealkylation sites (N-methyl/N-ethyl adjacent to an activating group) is 1. The van der Waals surface area contributed by atoms with E-state index in [1.54, 1.807) is 0 Å². The minimum absolute atomic E-state index is 0.322. The SMILES string of the molecule is CCC(CC(=N)N)N1CCCC1CN(C)C. The van der Waals surface area contributed by atoms with Gasteiger partial charge in [-0.15, -0.1) is 0 Å². The van der Waals surface area contributed by atoms with Crippen LogP contribution in [0.3, 0.4) is 0 Å². The summed E-state index contributed by atoms with van der Waals surface area (Å²) in [5.41, 5.74) is 5.53. The van der Waals surface area contributed by atoms with Crippen LogP contribution in [0.2, 0.25) is 0 Å². The Morgan fingerprint density at radius 2 is 2.25 bits per heavy atom. The summed E-state index contributed by atoms with van der Waals surface area (Å²) in [5, 5.41) is 7.44. The van der Waals surface area contributed by atoms with E-state index in [1.807, 2.05) is 0 Å². The summed E-state index contributed by atoms with van der Waals surface area (Å²) in [7, 11) is 4.25. The third kappa shape index (κ3) is 3.76. The molecular weight excluding hydrogens is 200 g/mol. The number of rotatable bonds is 6. The van der Waals surface area contributed by atoms with Crippen molar-refractivity contribution in [1.29, 1.82) is 5.41 Å². The van der Waals surface area contributed by atoms with Crippen molar-refractivity contribution in [1.82, 2.24) is 9.80 Å². The Bertz CT molecular complexity index is 227. The van der Waals surface area contributed by atoms with Crippen molar-refractivity contribution in [3.63, 3.8) is 0 Å². The topological polar surface area (TPSA) is 56.4 Å². The molecule has 0 aromatic rings. The zero-order valence-corrected chi connectivity index (χ0v) is 10.9. The number of amidine groups is 1. The van der Waals surface area contributed by atoms with Crippen LogP contribution in [0.25, 0.3) is 0 Å². The molecule has 4 nitrogen and oxygen atoms in total. The molecule has 4 heteroatoms. The molecule has 1 saturated heterocycles. The average Bonchev–Trinajstić information content (AvgIpc) is 2.61. The average molecular weight is 226 g/mol. The van der Waals surface area contributed by atoms with Gasteiger partial charge in [0.05, 0.1) is 5.84 Å². The fourth-order valence-corrected chi connectivity index (χ4v) is 2.71. The molecule has 0 radical (unpaired) electrons. The van der Waals surface area contributed by atoms with Crippen LogP contribution in [0, 0.1) is 5.41 Å². The molecule has 0 saturated carbocycles. The van der Waals surface area contributed by atoms with Crippen molar-refractivity contribution in [2.45, 2.75) is 44.7 Å². The molecule has 1 fully saturated rings. The molecule has 1 heterocycles. The lowest BCUT2D eigenvalue weighted by Crippen LogP contribution is -2.45. The van der Waals surface area contributed by atoms with E-state index in [4.69, 9.17) is 11.1 Å². The molecule has 1 aliphatic rings. The highest BCUT2D eigenvalue weighted by molar-refractivity contribution is 5.77. The monoisotopic (exact) mass is 226 g/mol. The quantitative estimate of drug-likeness (QED) is 0.527. The molecule has 1 rings (SSSR count). The van der Waals surface area contributed by atoms with Crippen LogP contribution < -0.4 is 5.73 Å². The molecule has 0 aromatic carbocycles. The van der Waals surface area contributed by atoms with Crippen LogP contribution in [0.15, 0.2) is 0 Å². The van der Waals surface area contributed by atoms with Gasteiger partial charge < -0.3 is 10.6 Å². The lowest BCUT2D eigenvalue weighted by Gasteiger charge is -2.33. The second-order valence-corrected chi connectivity index (χ2v) is 5.09. The Morgan fingerprint density at radius 1 is 1.56 bits per heavy atom. The largest absolute Gasteiger partial charge is 0.388 e. The Kier molecular flexibility index (Phi) is 5.22. The van der Waals surface area contributed by atoms with Crippen molar-refractivity contribution in [3.8, 4) is 0 Å². The van der Waals surface area contributed by atoms with Gasteiger partial charge in [-0.1, -0.05) is 6.92 Å². The maximum Gasteiger partial charge on any atom is 0.0921 e. The fourth-order valence-electron chi connectivity index (χ4n) is 2.71. The molecule has 0 aliphatic carbocycles. The first-order chi connectivity index (χ1) is 7.54. The molecular formula is C12H26N4. The second kappa shape index (κ2) is 6.21. The highest BCUT2D eigenvalue weighted by Gasteiger charge is 2.30. The van der Waals surface area contributed by atoms with E-state index in [1.165, 1.54) is 19.4 Å². The molecule has 0 bridgehead atoms. The molecule has 3 N–H and O–H groups in total. The molecule has 94 valence electrons. The molecule has 0 amide bonds. The van der Waals surface area contributed by atoms with E-state index in [-0.39, 0.29) is 0 Å². The van der Waals surface area contributed by atoms with Crippen LogP contribution in [-0.2, 0) is 0 Å². The van der Waals surface area contributed by atoms with Gasteiger partial charge in [-0.05, 0) is 39.9 Å². The predicted octanol–water partition coefficient (Wildman–Crippen LogP) is 1.12. The van der Waals surface area contributed by atoms with Crippen molar-refractivity contribution in [3.05, 3.63) is 0 Å². The zero-order valence-electron chi connectivity index (χ0n) is 10.9. The third-order valence-electron chi connectivity index (χ3n) is 3.39. The summed E-state index contributed by atoms with van der Waals surface area (Å²) < 4.78 is 0. The van der Waals surface area contributed by atoms with E-state index >= 15 is 0 Å². The van der Waals surface area contributed by atoms with Crippen molar-refractivity contribution in [2.24, 2.45) is 5.73 Å². The van der Waals surface area contributed by atoms with Gasteiger partial charge in [0.15, 0.2) is 0 Å². The van der Waals surface area contributed by atoms with Gasteiger partial charge in [-0.3, -0.25) is 10.3 Å². The zero-order chi connectivity index (χ0) is 12.1. The first-order valence-corrected chi connectivity index (χ1v) is 6.28. The Morgan fingerprint density at radius 3 is 2.75 bits per heavy atom. The van der Waals surface area contributed by atoms with Gasteiger partial charge in [0.1, 0.15) is 0 Å². The van der Waals surface area contributed by atoms with E-state index in [9.17, 15) is 0 Å². The summed E-state index contributed by atoms with van der Waals surface area (Å²) in [6, 6.07) is 1.12. The first-order valence-electron chi connectivity index (χ1n) is 6.28. The van der Waals surface area contributed by atoms with Crippen LogP contribution in [0.1, 0.15) is 32.6 Å². The summed E-state index contributed by atoms with van der Waals surface area (Å²) in [4.78, 5) is 4.81. The smallest absolute Gasteiger partial charge is 0.0921 e. The van der Waals surface area contributed by atoms with E-state index in [0.717, 1.165) is 19.4 Å². The van der Waals surface area contributed by atoms with Crippen molar-refractivity contribution < 1.29 is 0 Å². The molecule has 0 spiro atoms. The van der Waals surface area contributed by atoms with Gasteiger partial charge in [0.25, 0.3) is 0 Å². The normalized spacial score (nSPS) is 23.9. The minimum atomic E-state index is 0.322. The van der Waals surface area contributed by atoms with Gasteiger partial charge in [-0.25, -0.2) is 0 Å². The molecule has 2 unspecified atom stereocenters. The molecule has 2 atom stereocenters. The number of likely N-dealkylation sites (tertiary alicyclic amines) is 1. The maximum atomic E-state index is 7.44. The van der Waals surface area contributed by atoms with Gasteiger partial charge >= 0.3 is 0 Å². The Labute approximate surface area is 99.3 Å². The standard InChI is InChI=1S/C12H26N4/c1-4-10(8-12(13)14)16-7-5-6-11(16)9-15(2)3/h10-11H,4-9H2,1-3H3,(H3,13,14). The third-order valence-corrected chi connectivity index (χ3v) is 3.39. The molecule has 1 aliphatic heterocycles. The number of nitrogens with zero attached hydrogens (tertiary/aromatic N) is 2. The predicted molar refractivity (Wildman–Crippen MR) is 68.9 cm³/mol. The van der Waals surface area contributed by atoms with Crippen LogP contribution in [0.5, 0.6) is 0 Å². The summed E-state index contributed by atoms with van der Waals surface area (Å²) in [6.07, 6.45) is 4.38. The van der Waals surface area contributed by atoms with Gasteiger partial charge in [-0.2, -0.15) is 0 Å². The summed E-state index contributed by atoms with van der Waals surface area (Å²) in [6.45, 7) is 4.48. The van der Waals surface area contributed by atoms with Crippen LogP contribution in [0.4, 0.5) is 0 Å². The van der Waals surface area contributed by atoms with Crippen molar-refractivity contribution >= 4 is 5.84 Å². The molecule has 0 aromatic heterocycles. The lowest BCUT2D eigenvalue weighted by atomic mass is 10.1. The van der Waals surface area contributed by atoms with Crippen LogP contribution >= 0.6 is 0 Å². The van der Waals surface area contributed by atoms with E-state index in [2.05, 4.69) is 30.8 Å². The highest BCUT2D eigenvalue weighted by atomic mass is 15.2.